The first-order valence-corrected chi connectivity index (χ1v) is 7.75. The van der Waals surface area contributed by atoms with Crippen molar-refractivity contribution in [2.24, 2.45) is 0 Å². The number of carbonyl (C=O) groups excluding carboxylic acids is 1. The van der Waals surface area contributed by atoms with Crippen LogP contribution in [0.1, 0.15) is 16.1 Å². The number of carbonyl (C=O) groups is 1. The second-order valence-electron chi connectivity index (χ2n) is 4.36. The van der Waals surface area contributed by atoms with Crippen molar-refractivity contribution >= 4 is 44.9 Å². The number of aromatic nitrogens is 2. The minimum absolute atomic E-state index is 0.106. The summed E-state index contributed by atoms with van der Waals surface area (Å²) in [5.41, 5.74) is 1.11. The van der Waals surface area contributed by atoms with Gasteiger partial charge in [-0.05, 0) is 33.6 Å². The minimum Gasteiger partial charge on any atom is -0.383 e. The highest BCUT2D eigenvalue weighted by molar-refractivity contribution is 9.10. The van der Waals surface area contributed by atoms with Gasteiger partial charge in [0.25, 0.3) is 0 Å². The molecule has 2 aromatic rings. The third-order valence-corrected chi connectivity index (χ3v) is 4.25. The highest BCUT2D eigenvalue weighted by Gasteiger charge is 2.19. The molecule has 4 nitrogen and oxygen atoms in total. The van der Waals surface area contributed by atoms with Gasteiger partial charge in [0.05, 0.1) is 23.8 Å². The molecule has 0 amide bonds. The second kappa shape index (κ2) is 7.40. The summed E-state index contributed by atoms with van der Waals surface area (Å²) in [7, 11) is 1.60. The summed E-state index contributed by atoms with van der Waals surface area (Å²) in [5.74, 6) is -0.106. The standard InChI is InChI=1S/C14H13BrCl2N2O2/c1-21-6-5-19-14(10(15)8-18-19)13(20)7-9-11(16)3-2-4-12(9)17/h2-4,8H,5-7H2,1H3. The normalized spacial score (nSPS) is 10.9. The molecule has 0 saturated heterocycles. The largest absolute Gasteiger partial charge is 0.383 e. The molecule has 0 radical (unpaired) electrons. The summed E-state index contributed by atoms with van der Waals surface area (Å²) < 4.78 is 7.27. The highest BCUT2D eigenvalue weighted by atomic mass is 79.9. The predicted octanol–water partition coefficient (Wildman–Crippen LogP) is 4.02. The van der Waals surface area contributed by atoms with Gasteiger partial charge in [0.1, 0.15) is 5.69 Å². The van der Waals surface area contributed by atoms with Crippen LogP contribution in [0, 0.1) is 0 Å². The average molecular weight is 392 g/mol. The maximum atomic E-state index is 12.5. The monoisotopic (exact) mass is 390 g/mol. The summed E-state index contributed by atoms with van der Waals surface area (Å²) in [4.78, 5) is 12.5. The lowest BCUT2D eigenvalue weighted by Gasteiger charge is -2.09. The van der Waals surface area contributed by atoms with Crippen LogP contribution < -0.4 is 0 Å². The van der Waals surface area contributed by atoms with Crippen LogP contribution in [0.4, 0.5) is 0 Å². The summed E-state index contributed by atoms with van der Waals surface area (Å²) >= 11 is 15.6. The van der Waals surface area contributed by atoms with Gasteiger partial charge in [-0.1, -0.05) is 29.3 Å². The number of ether oxygens (including phenoxy) is 1. The van der Waals surface area contributed by atoms with E-state index >= 15 is 0 Å². The zero-order valence-electron chi connectivity index (χ0n) is 11.3. The van der Waals surface area contributed by atoms with Gasteiger partial charge in [-0.25, -0.2) is 0 Å². The number of rotatable bonds is 6. The van der Waals surface area contributed by atoms with E-state index in [2.05, 4.69) is 21.0 Å². The van der Waals surface area contributed by atoms with Crippen LogP contribution in [0.25, 0.3) is 0 Å². The molecule has 0 saturated carbocycles. The molecule has 1 aromatic carbocycles. The number of methoxy groups -OCH3 is 1. The van der Waals surface area contributed by atoms with Crippen LogP contribution in [0.2, 0.25) is 10.0 Å². The van der Waals surface area contributed by atoms with E-state index in [9.17, 15) is 4.79 Å². The van der Waals surface area contributed by atoms with Crippen LogP contribution in [-0.4, -0.2) is 29.3 Å². The quantitative estimate of drug-likeness (QED) is 0.698. The Hall–Kier alpha value is -0.880. The fraction of sp³-hybridized carbons (Fsp3) is 0.286. The Kier molecular flexibility index (Phi) is 5.81. The molecule has 1 aromatic heterocycles. The Balaban J connectivity index is 2.26. The molecule has 0 aliphatic rings. The van der Waals surface area contributed by atoms with E-state index in [1.54, 1.807) is 36.2 Å². The van der Waals surface area contributed by atoms with Crippen molar-refractivity contribution in [1.82, 2.24) is 9.78 Å². The molecule has 0 unspecified atom stereocenters. The Morgan fingerprint density at radius 3 is 2.67 bits per heavy atom. The summed E-state index contributed by atoms with van der Waals surface area (Å²) in [6.07, 6.45) is 1.72. The molecular formula is C14H13BrCl2N2O2. The number of Topliss-reactive ketones (excluding diaryl/α,β-unsaturated/α-hetero) is 1. The van der Waals surface area contributed by atoms with Crippen molar-refractivity contribution in [2.75, 3.05) is 13.7 Å². The van der Waals surface area contributed by atoms with Crippen molar-refractivity contribution in [3.05, 3.63) is 50.2 Å². The van der Waals surface area contributed by atoms with Gasteiger partial charge in [0.2, 0.25) is 0 Å². The molecule has 0 N–H and O–H groups in total. The Bertz CT molecular complexity index is 638. The topological polar surface area (TPSA) is 44.1 Å². The van der Waals surface area contributed by atoms with E-state index in [4.69, 9.17) is 27.9 Å². The van der Waals surface area contributed by atoms with Gasteiger partial charge in [0, 0.05) is 23.6 Å². The van der Waals surface area contributed by atoms with E-state index in [1.807, 2.05) is 0 Å². The molecular weight excluding hydrogens is 379 g/mol. The lowest BCUT2D eigenvalue weighted by molar-refractivity contribution is 0.0978. The van der Waals surface area contributed by atoms with Gasteiger partial charge in [-0.15, -0.1) is 0 Å². The van der Waals surface area contributed by atoms with Crippen LogP contribution in [0.15, 0.2) is 28.9 Å². The van der Waals surface area contributed by atoms with E-state index in [1.165, 1.54) is 0 Å². The zero-order chi connectivity index (χ0) is 15.4. The molecule has 112 valence electrons. The van der Waals surface area contributed by atoms with E-state index < -0.39 is 0 Å². The molecule has 0 fully saturated rings. The third-order valence-electron chi connectivity index (χ3n) is 2.97. The SMILES string of the molecule is COCCn1ncc(Br)c1C(=O)Cc1c(Cl)cccc1Cl. The van der Waals surface area contributed by atoms with Crippen molar-refractivity contribution in [1.29, 1.82) is 0 Å². The van der Waals surface area contributed by atoms with Crippen molar-refractivity contribution < 1.29 is 9.53 Å². The third kappa shape index (κ3) is 3.86. The molecule has 21 heavy (non-hydrogen) atoms. The van der Waals surface area contributed by atoms with Gasteiger partial charge >= 0.3 is 0 Å². The second-order valence-corrected chi connectivity index (χ2v) is 6.03. The number of nitrogens with zero attached hydrogens (tertiary/aromatic N) is 2. The maximum Gasteiger partial charge on any atom is 0.186 e. The molecule has 0 atom stereocenters. The van der Waals surface area contributed by atoms with Gasteiger partial charge < -0.3 is 4.74 Å². The maximum absolute atomic E-state index is 12.5. The molecule has 0 aliphatic heterocycles. The fourth-order valence-corrected chi connectivity index (χ4v) is 2.98. The first kappa shape index (κ1) is 16.5. The zero-order valence-corrected chi connectivity index (χ0v) is 14.4. The Morgan fingerprint density at radius 2 is 2.05 bits per heavy atom. The van der Waals surface area contributed by atoms with Gasteiger partial charge in [-0.3, -0.25) is 9.48 Å². The Labute approximate surface area is 141 Å². The smallest absolute Gasteiger partial charge is 0.186 e. The number of hydrogen-bond acceptors (Lipinski definition) is 3. The lowest BCUT2D eigenvalue weighted by Crippen LogP contribution is -2.16. The van der Waals surface area contributed by atoms with Crippen molar-refractivity contribution in [3.63, 3.8) is 0 Å². The van der Waals surface area contributed by atoms with Crippen molar-refractivity contribution in [3.8, 4) is 0 Å². The van der Waals surface area contributed by atoms with E-state index in [-0.39, 0.29) is 12.2 Å². The number of ketones is 1. The van der Waals surface area contributed by atoms with Crippen molar-refractivity contribution in [2.45, 2.75) is 13.0 Å². The average Bonchev–Trinajstić information content (AvgIpc) is 2.81. The van der Waals surface area contributed by atoms with E-state index in [0.717, 1.165) is 0 Å². The first-order chi connectivity index (χ1) is 10.0. The predicted molar refractivity (Wildman–Crippen MR) is 86.3 cm³/mol. The number of halogens is 3. The van der Waals surface area contributed by atoms with Crippen LogP contribution in [0.3, 0.4) is 0 Å². The van der Waals surface area contributed by atoms with Gasteiger partial charge in [-0.2, -0.15) is 5.10 Å². The highest BCUT2D eigenvalue weighted by Crippen LogP contribution is 2.27. The summed E-state index contributed by atoms with van der Waals surface area (Å²) in [6.45, 7) is 0.973. The van der Waals surface area contributed by atoms with E-state index in [0.29, 0.717) is 38.9 Å². The van der Waals surface area contributed by atoms with Crippen LogP contribution >= 0.6 is 39.1 Å². The fourth-order valence-electron chi connectivity index (χ4n) is 1.93. The Morgan fingerprint density at radius 1 is 1.38 bits per heavy atom. The summed E-state index contributed by atoms with van der Waals surface area (Å²) in [5, 5.41) is 5.13. The molecule has 0 bridgehead atoms. The molecule has 0 aliphatic carbocycles. The first-order valence-electron chi connectivity index (χ1n) is 6.21. The molecule has 1 heterocycles. The van der Waals surface area contributed by atoms with Crippen LogP contribution in [-0.2, 0) is 17.7 Å². The molecule has 7 heteroatoms. The van der Waals surface area contributed by atoms with Crippen LogP contribution in [0.5, 0.6) is 0 Å². The molecule has 2 rings (SSSR count). The number of hydrogen-bond donors (Lipinski definition) is 0. The summed E-state index contributed by atoms with van der Waals surface area (Å²) in [6, 6.07) is 5.18. The van der Waals surface area contributed by atoms with Gasteiger partial charge in [0.15, 0.2) is 5.78 Å². The number of benzene rings is 1. The molecule has 0 spiro atoms. The lowest BCUT2D eigenvalue weighted by atomic mass is 10.1. The minimum atomic E-state index is -0.106.